The summed E-state index contributed by atoms with van der Waals surface area (Å²) in [5.41, 5.74) is 2.75. The van der Waals surface area contributed by atoms with Crippen molar-refractivity contribution in [1.29, 1.82) is 0 Å². The van der Waals surface area contributed by atoms with Crippen molar-refractivity contribution in [2.75, 3.05) is 26.2 Å². The van der Waals surface area contributed by atoms with Crippen molar-refractivity contribution >= 4 is 17.7 Å². The van der Waals surface area contributed by atoms with Gasteiger partial charge in [0, 0.05) is 11.8 Å². The molecule has 1 saturated heterocycles. The van der Waals surface area contributed by atoms with Gasteiger partial charge in [-0.15, -0.1) is 11.8 Å². The molecule has 0 atom stereocenters. The molecule has 144 valence electrons. The van der Waals surface area contributed by atoms with Gasteiger partial charge in [-0.2, -0.15) is 0 Å². The Balaban J connectivity index is 1.56. The second-order valence-electron chi connectivity index (χ2n) is 6.93. The third kappa shape index (κ3) is 6.12. The molecule has 0 amide bonds. The van der Waals surface area contributed by atoms with E-state index in [1.165, 1.54) is 24.0 Å². The maximum absolute atomic E-state index is 11.6. The fraction of sp³-hybridized carbons (Fsp3) is 0.435. The summed E-state index contributed by atoms with van der Waals surface area (Å²) >= 11 is 2.09. The van der Waals surface area contributed by atoms with Crippen LogP contribution < -0.4 is 0 Å². The van der Waals surface area contributed by atoms with Crippen molar-refractivity contribution < 1.29 is 9.53 Å². The molecule has 0 N–H and O–H groups in total. The van der Waals surface area contributed by atoms with Crippen molar-refractivity contribution in [3.8, 4) is 0 Å². The van der Waals surface area contributed by atoms with Gasteiger partial charge in [-0.3, -0.25) is 4.79 Å². The van der Waals surface area contributed by atoms with Gasteiger partial charge in [-0.25, -0.2) is 0 Å². The molecule has 1 heterocycles. The van der Waals surface area contributed by atoms with Crippen LogP contribution >= 0.6 is 11.8 Å². The van der Waals surface area contributed by atoms with E-state index in [1.807, 2.05) is 6.92 Å². The molecule has 0 aliphatic carbocycles. The summed E-state index contributed by atoms with van der Waals surface area (Å²) in [4.78, 5) is 14.0. The highest BCUT2D eigenvalue weighted by atomic mass is 32.2. The number of thioether (sulfide) groups is 1. The molecule has 0 radical (unpaired) electrons. The van der Waals surface area contributed by atoms with Gasteiger partial charge in [0.15, 0.2) is 0 Å². The molecule has 0 saturated carbocycles. The van der Waals surface area contributed by atoms with Crippen LogP contribution in [0.15, 0.2) is 60.7 Å². The summed E-state index contributed by atoms with van der Waals surface area (Å²) in [6.07, 6.45) is 2.84. The maximum atomic E-state index is 11.6. The van der Waals surface area contributed by atoms with E-state index in [9.17, 15) is 4.79 Å². The zero-order valence-corrected chi connectivity index (χ0v) is 16.9. The summed E-state index contributed by atoms with van der Waals surface area (Å²) in [6, 6.07) is 21.6. The topological polar surface area (TPSA) is 29.5 Å². The lowest BCUT2D eigenvalue weighted by molar-refractivity contribution is -0.143. The second kappa shape index (κ2) is 10.5. The number of carbonyl (C=O) groups excluding carboxylic acids is 1. The third-order valence-corrected chi connectivity index (χ3v) is 6.68. The number of carbonyl (C=O) groups is 1. The van der Waals surface area contributed by atoms with E-state index in [1.54, 1.807) is 0 Å². The van der Waals surface area contributed by atoms with Crippen molar-refractivity contribution in [2.45, 2.75) is 36.7 Å². The average molecular weight is 384 g/mol. The number of likely N-dealkylation sites (tertiary alicyclic amines) is 1. The van der Waals surface area contributed by atoms with E-state index in [-0.39, 0.29) is 5.97 Å². The molecule has 0 bridgehead atoms. The first-order valence-electron chi connectivity index (χ1n) is 9.89. The normalized spacial score (nSPS) is 15.8. The summed E-state index contributed by atoms with van der Waals surface area (Å²) in [6.45, 7) is 5.27. The van der Waals surface area contributed by atoms with Crippen LogP contribution in [0.3, 0.4) is 0 Å². The van der Waals surface area contributed by atoms with E-state index < -0.39 is 0 Å². The van der Waals surface area contributed by atoms with Gasteiger partial charge in [0.1, 0.15) is 0 Å². The quantitative estimate of drug-likeness (QED) is 0.605. The van der Waals surface area contributed by atoms with Crippen LogP contribution in [0.5, 0.6) is 0 Å². The zero-order valence-electron chi connectivity index (χ0n) is 16.0. The molecule has 3 rings (SSSR count). The second-order valence-corrected chi connectivity index (χ2v) is 8.34. The molecular formula is C23H29NO2S. The number of esters is 1. The van der Waals surface area contributed by atoms with E-state index >= 15 is 0 Å². The molecule has 2 aromatic carbocycles. The highest BCUT2D eigenvalue weighted by Crippen LogP contribution is 2.41. The Bertz CT molecular complexity index is 645. The van der Waals surface area contributed by atoms with Crippen molar-refractivity contribution in [3.63, 3.8) is 0 Å². The van der Waals surface area contributed by atoms with Crippen LogP contribution in [0.2, 0.25) is 0 Å². The predicted octanol–water partition coefficient (Wildman–Crippen LogP) is 4.93. The van der Waals surface area contributed by atoms with Gasteiger partial charge in [0.2, 0.25) is 0 Å². The van der Waals surface area contributed by atoms with Crippen molar-refractivity contribution in [3.05, 3.63) is 71.8 Å². The number of hydrogen-bond acceptors (Lipinski definition) is 4. The standard InChI is InChI=1S/C23H29NO2S/c1-2-26-22(25)15-18-24-16-13-21(14-17-24)27-23(19-9-5-3-6-10-19)20-11-7-4-8-12-20/h3-12,21,23H,2,13-18H2,1H3. The predicted molar refractivity (Wildman–Crippen MR) is 113 cm³/mol. The SMILES string of the molecule is CCOC(=O)CCN1CCC(SC(c2ccccc2)c2ccccc2)CC1. The highest BCUT2D eigenvalue weighted by molar-refractivity contribution is 8.00. The molecule has 0 unspecified atom stereocenters. The monoisotopic (exact) mass is 383 g/mol. The first-order valence-corrected chi connectivity index (χ1v) is 10.8. The van der Waals surface area contributed by atoms with Gasteiger partial charge in [0.25, 0.3) is 0 Å². The molecule has 27 heavy (non-hydrogen) atoms. The molecule has 0 spiro atoms. The Morgan fingerprint density at radius 3 is 2.11 bits per heavy atom. The van der Waals surface area contributed by atoms with Gasteiger partial charge in [-0.1, -0.05) is 60.7 Å². The Morgan fingerprint density at radius 2 is 1.59 bits per heavy atom. The van der Waals surface area contributed by atoms with Gasteiger partial charge >= 0.3 is 5.97 Å². The highest BCUT2D eigenvalue weighted by Gasteiger charge is 2.25. The van der Waals surface area contributed by atoms with Gasteiger partial charge in [-0.05, 0) is 44.0 Å². The van der Waals surface area contributed by atoms with Gasteiger partial charge < -0.3 is 9.64 Å². The lowest BCUT2D eigenvalue weighted by Crippen LogP contribution is -2.36. The third-order valence-electron chi connectivity index (χ3n) is 5.01. The van der Waals surface area contributed by atoms with Crippen molar-refractivity contribution in [1.82, 2.24) is 4.90 Å². The number of benzene rings is 2. The molecule has 0 aromatic heterocycles. The van der Waals surface area contributed by atoms with E-state index in [0.717, 1.165) is 19.6 Å². The minimum atomic E-state index is -0.0813. The number of rotatable bonds is 8. The summed E-state index contributed by atoms with van der Waals surface area (Å²) < 4.78 is 5.03. The van der Waals surface area contributed by atoms with E-state index in [0.29, 0.717) is 23.5 Å². The van der Waals surface area contributed by atoms with Crippen LogP contribution in [0.4, 0.5) is 0 Å². The lowest BCUT2D eigenvalue weighted by Gasteiger charge is -2.33. The molecule has 1 fully saturated rings. The maximum Gasteiger partial charge on any atom is 0.307 e. The molecule has 1 aliphatic heterocycles. The molecular weight excluding hydrogens is 354 g/mol. The molecule has 3 nitrogen and oxygen atoms in total. The summed E-state index contributed by atoms with van der Waals surface area (Å²) in [7, 11) is 0. The lowest BCUT2D eigenvalue weighted by atomic mass is 10.0. The zero-order chi connectivity index (χ0) is 18.9. The fourth-order valence-electron chi connectivity index (χ4n) is 3.55. The van der Waals surface area contributed by atoms with E-state index in [4.69, 9.17) is 4.74 Å². The van der Waals surface area contributed by atoms with Crippen molar-refractivity contribution in [2.24, 2.45) is 0 Å². The molecule has 1 aliphatic rings. The summed E-state index contributed by atoms with van der Waals surface area (Å²) in [5, 5.41) is 1.03. The van der Waals surface area contributed by atoms with Gasteiger partial charge in [0.05, 0.1) is 18.3 Å². The number of nitrogens with zero attached hydrogens (tertiary/aromatic N) is 1. The van der Waals surface area contributed by atoms with Crippen LogP contribution in [-0.2, 0) is 9.53 Å². The van der Waals surface area contributed by atoms with Crippen LogP contribution in [0, 0.1) is 0 Å². The Labute approximate surface area is 167 Å². The summed E-state index contributed by atoms with van der Waals surface area (Å²) in [5.74, 6) is -0.0813. The Morgan fingerprint density at radius 1 is 1.04 bits per heavy atom. The molecule has 2 aromatic rings. The number of ether oxygens (including phenoxy) is 1. The largest absolute Gasteiger partial charge is 0.466 e. The number of hydrogen-bond donors (Lipinski definition) is 0. The van der Waals surface area contributed by atoms with Crippen LogP contribution in [-0.4, -0.2) is 42.4 Å². The van der Waals surface area contributed by atoms with E-state index in [2.05, 4.69) is 77.3 Å². The minimum Gasteiger partial charge on any atom is -0.466 e. The Hall–Kier alpha value is -1.78. The Kier molecular flexibility index (Phi) is 7.79. The number of piperidine rings is 1. The van der Waals surface area contributed by atoms with Crippen LogP contribution in [0.1, 0.15) is 42.6 Å². The minimum absolute atomic E-state index is 0.0813. The first-order chi connectivity index (χ1) is 13.3. The molecule has 4 heteroatoms. The smallest absolute Gasteiger partial charge is 0.307 e. The average Bonchev–Trinajstić information content (AvgIpc) is 2.73. The van der Waals surface area contributed by atoms with Crippen LogP contribution in [0.25, 0.3) is 0 Å². The first kappa shape index (κ1) is 20.0. The fourth-order valence-corrected chi connectivity index (χ4v) is 5.05.